The van der Waals surface area contributed by atoms with Gasteiger partial charge in [0.25, 0.3) is 5.91 Å². The third-order valence-corrected chi connectivity index (χ3v) is 3.51. The van der Waals surface area contributed by atoms with Crippen molar-refractivity contribution in [2.45, 2.75) is 18.7 Å². The average molecular weight is 281 g/mol. The van der Waals surface area contributed by atoms with E-state index in [1.807, 2.05) is 6.07 Å². The van der Waals surface area contributed by atoms with Crippen molar-refractivity contribution in [3.8, 4) is 0 Å². The Bertz CT molecular complexity index is 470. The van der Waals surface area contributed by atoms with Gasteiger partial charge < -0.3 is 10.2 Å². The van der Waals surface area contributed by atoms with Gasteiger partial charge in [-0.25, -0.2) is 0 Å². The van der Waals surface area contributed by atoms with E-state index in [0.29, 0.717) is 11.4 Å². The van der Waals surface area contributed by atoms with Gasteiger partial charge in [0.1, 0.15) is 0 Å². The zero-order valence-electron chi connectivity index (χ0n) is 10.7. The number of hydrogen-bond acceptors (Lipinski definition) is 2. The number of rotatable bonds is 4. The largest absolute Gasteiger partial charge is 0.343 e. The van der Waals surface area contributed by atoms with Gasteiger partial charge in [-0.15, -0.1) is 11.6 Å². The van der Waals surface area contributed by atoms with Gasteiger partial charge in [-0.1, -0.05) is 12.1 Å². The van der Waals surface area contributed by atoms with Crippen molar-refractivity contribution in [3.63, 3.8) is 0 Å². The van der Waals surface area contributed by atoms with Crippen molar-refractivity contribution >= 4 is 23.4 Å². The van der Waals surface area contributed by atoms with Gasteiger partial charge in [-0.3, -0.25) is 9.59 Å². The lowest BCUT2D eigenvalue weighted by Crippen LogP contribution is -2.38. The molecule has 0 aliphatic carbocycles. The van der Waals surface area contributed by atoms with E-state index in [0.717, 1.165) is 31.5 Å². The number of alkyl halides is 1. The van der Waals surface area contributed by atoms with Crippen molar-refractivity contribution < 1.29 is 9.59 Å². The Morgan fingerprint density at radius 2 is 2.00 bits per heavy atom. The third kappa shape index (κ3) is 3.70. The van der Waals surface area contributed by atoms with Crippen molar-refractivity contribution in [1.82, 2.24) is 10.2 Å². The zero-order chi connectivity index (χ0) is 13.7. The highest BCUT2D eigenvalue weighted by Gasteiger charge is 2.18. The number of halogens is 1. The molecule has 1 heterocycles. The minimum absolute atomic E-state index is 0.0145. The van der Waals surface area contributed by atoms with E-state index < -0.39 is 0 Å². The van der Waals surface area contributed by atoms with Gasteiger partial charge in [0.2, 0.25) is 5.91 Å². The summed E-state index contributed by atoms with van der Waals surface area (Å²) in [6, 6.07) is 7.10. The first-order valence-electron chi connectivity index (χ1n) is 6.41. The fourth-order valence-corrected chi connectivity index (χ4v) is 2.30. The van der Waals surface area contributed by atoms with Gasteiger partial charge in [-0.2, -0.15) is 0 Å². The first kappa shape index (κ1) is 13.9. The second-order valence-electron chi connectivity index (χ2n) is 4.60. The van der Waals surface area contributed by atoms with Crippen LogP contribution in [0.25, 0.3) is 0 Å². The monoisotopic (exact) mass is 280 g/mol. The molecule has 1 aromatic rings. The molecular weight excluding hydrogens is 264 g/mol. The number of carbonyl (C=O) groups is 2. The summed E-state index contributed by atoms with van der Waals surface area (Å²) in [6.07, 6.45) is 2.11. The van der Waals surface area contributed by atoms with Crippen LogP contribution >= 0.6 is 11.6 Å². The summed E-state index contributed by atoms with van der Waals surface area (Å²) in [5.41, 5.74) is 1.42. The molecule has 0 aromatic heterocycles. The molecule has 102 valence electrons. The molecule has 4 nitrogen and oxygen atoms in total. The van der Waals surface area contributed by atoms with E-state index in [2.05, 4.69) is 5.32 Å². The van der Waals surface area contributed by atoms with Crippen LogP contribution in [0.3, 0.4) is 0 Å². The van der Waals surface area contributed by atoms with E-state index in [9.17, 15) is 9.59 Å². The molecule has 0 bridgehead atoms. The SMILES string of the molecule is O=C(NCC(=O)N1CCCC1)c1cccc(CCl)c1. The molecule has 0 radical (unpaired) electrons. The Balaban J connectivity index is 1.88. The molecule has 1 aliphatic heterocycles. The lowest BCUT2D eigenvalue weighted by atomic mass is 10.1. The van der Waals surface area contributed by atoms with Gasteiger partial charge >= 0.3 is 0 Å². The Morgan fingerprint density at radius 1 is 1.26 bits per heavy atom. The molecule has 0 spiro atoms. The Kier molecular flexibility index (Phi) is 4.80. The maximum atomic E-state index is 11.9. The van der Waals surface area contributed by atoms with Crippen molar-refractivity contribution in [2.24, 2.45) is 0 Å². The summed E-state index contributed by atoms with van der Waals surface area (Å²) < 4.78 is 0. The highest BCUT2D eigenvalue weighted by Crippen LogP contribution is 2.09. The highest BCUT2D eigenvalue weighted by molar-refractivity contribution is 6.17. The minimum atomic E-state index is -0.237. The Morgan fingerprint density at radius 3 is 2.68 bits per heavy atom. The van der Waals surface area contributed by atoms with Crippen LogP contribution in [-0.4, -0.2) is 36.3 Å². The van der Waals surface area contributed by atoms with Crippen molar-refractivity contribution in [2.75, 3.05) is 19.6 Å². The van der Waals surface area contributed by atoms with Crippen molar-refractivity contribution in [1.29, 1.82) is 0 Å². The molecule has 19 heavy (non-hydrogen) atoms. The molecule has 2 rings (SSSR count). The molecule has 0 unspecified atom stereocenters. The lowest BCUT2D eigenvalue weighted by molar-refractivity contribution is -0.129. The number of hydrogen-bond donors (Lipinski definition) is 1. The molecule has 1 fully saturated rings. The van der Waals surface area contributed by atoms with Crippen LogP contribution in [0.1, 0.15) is 28.8 Å². The van der Waals surface area contributed by atoms with Crippen LogP contribution in [0, 0.1) is 0 Å². The van der Waals surface area contributed by atoms with E-state index >= 15 is 0 Å². The van der Waals surface area contributed by atoms with Crippen molar-refractivity contribution in [3.05, 3.63) is 35.4 Å². The fourth-order valence-electron chi connectivity index (χ4n) is 2.13. The average Bonchev–Trinajstić information content (AvgIpc) is 2.98. The molecule has 1 N–H and O–H groups in total. The van der Waals surface area contributed by atoms with Gasteiger partial charge in [0.05, 0.1) is 6.54 Å². The van der Waals surface area contributed by atoms with E-state index in [-0.39, 0.29) is 18.4 Å². The highest BCUT2D eigenvalue weighted by atomic mass is 35.5. The first-order valence-corrected chi connectivity index (χ1v) is 6.95. The normalized spacial score (nSPS) is 14.5. The van der Waals surface area contributed by atoms with Gasteiger partial charge in [-0.05, 0) is 30.5 Å². The van der Waals surface area contributed by atoms with Crippen LogP contribution in [0.2, 0.25) is 0 Å². The molecular formula is C14H17ClN2O2. The molecule has 1 aromatic carbocycles. The predicted octanol–water partition coefficient (Wildman–Crippen LogP) is 1.78. The standard InChI is InChI=1S/C14H17ClN2O2/c15-9-11-4-3-5-12(8-11)14(19)16-10-13(18)17-6-1-2-7-17/h3-5,8H,1-2,6-7,9-10H2,(H,16,19). The minimum Gasteiger partial charge on any atom is -0.343 e. The van der Waals surface area contributed by atoms with Crippen LogP contribution < -0.4 is 5.32 Å². The first-order chi connectivity index (χ1) is 9.20. The van der Waals surface area contributed by atoms with Gasteiger partial charge in [0.15, 0.2) is 0 Å². The maximum absolute atomic E-state index is 11.9. The lowest BCUT2D eigenvalue weighted by Gasteiger charge is -2.15. The smallest absolute Gasteiger partial charge is 0.251 e. The number of nitrogens with zero attached hydrogens (tertiary/aromatic N) is 1. The van der Waals surface area contributed by atoms with Crippen LogP contribution in [-0.2, 0) is 10.7 Å². The molecule has 2 amide bonds. The fraction of sp³-hybridized carbons (Fsp3) is 0.429. The molecule has 1 aliphatic rings. The maximum Gasteiger partial charge on any atom is 0.251 e. The molecule has 0 saturated carbocycles. The topological polar surface area (TPSA) is 49.4 Å². The van der Waals surface area contributed by atoms with E-state index in [1.54, 1.807) is 23.1 Å². The second kappa shape index (κ2) is 6.57. The van der Waals surface area contributed by atoms with E-state index in [1.165, 1.54) is 0 Å². The Labute approximate surface area is 117 Å². The summed E-state index contributed by atoms with van der Waals surface area (Å²) in [7, 11) is 0. The number of carbonyl (C=O) groups excluding carboxylic acids is 2. The van der Waals surface area contributed by atoms with Gasteiger partial charge in [0, 0.05) is 24.5 Å². The molecule has 5 heteroatoms. The van der Waals surface area contributed by atoms with Crippen LogP contribution in [0.15, 0.2) is 24.3 Å². The number of nitrogens with one attached hydrogen (secondary N) is 1. The van der Waals surface area contributed by atoms with Crippen LogP contribution in [0.5, 0.6) is 0 Å². The summed E-state index contributed by atoms with van der Waals surface area (Å²) in [5.74, 6) is 0.118. The van der Waals surface area contributed by atoms with Crippen LogP contribution in [0.4, 0.5) is 0 Å². The molecule has 0 atom stereocenters. The zero-order valence-corrected chi connectivity index (χ0v) is 11.4. The Hall–Kier alpha value is -1.55. The summed E-state index contributed by atoms with van der Waals surface area (Å²) in [4.78, 5) is 25.5. The number of amides is 2. The summed E-state index contributed by atoms with van der Waals surface area (Å²) in [5, 5.41) is 2.65. The number of benzene rings is 1. The third-order valence-electron chi connectivity index (χ3n) is 3.20. The number of likely N-dealkylation sites (tertiary alicyclic amines) is 1. The van der Waals surface area contributed by atoms with E-state index in [4.69, 9.17) is 11.6 Å². The molecule has 1 saturated heterocycles. The summed E-state index contributed by atoms with van der Waals surface area (Å²) >= 11 is 5.72. The predicted molar refractivity (Wildman–Crippen MR) is 74.1 cm³/mol. The second-order valence-corrected chi connectivity index (χ2v) is 4.87. The summed E-state index contributed by atoms with van der Waals surface area (Å²) in [6.45, 7) is 1.66. The quantitative estimate of drug-likeness (QED) is 0.855.